The minimum absolute atomic E-state index is 0.0763. The summed E-state index contributed by atoms with van der Waals surface area (Å²) in [5, 5.41) is 18.5. The minimum atomic E-state index is -0.796. The summed E-state index contributed by atoms with van der Waals surface area (Å²) in [6.07, 6.45) is 0. The quantitative estimate of drug-likeness (QED) is 0.548. The maximum atomic E-state index is 13.5. The fraction of sp³-hybridized carbons (Fsp3) is 0.0526. The van der Waals surface area contributed by atoms with E-state index in [0.29, 0.717) is 16.8 Å². The van der Waals surface area contributed by atoms with E-state index in [4.69, 9.17) is 9.52 Å². The number of aliphatic hydroxyl groups is 1. The molecule has 0 unspecified atom stereocenters. The van der Waals surface area contributed by atoms with Gasteiger partial charge < -0.3 is 14.6 Å². The summed E-state index contributed by atoms with van der Waals surface area (Å²) in [7, 11) is 0. The van der Waals surface area contributed by atoms with E-state index >= 15 is 0 Å². The molecule has 0 aromatic heterocycles. The largest absolute Gasteiger partial charge is 0.505 e. The Kier molecular flexibility index (Phi) is 3.47. The summed E-state index contributed by atoms with van der Waals surface area (Å²) in [4.78, 5) is 16.7. The second-order valence-electron chi connectivity index (χ2n) is 5.66. The molecule has 2 aliphatic rings. The highest BCUT2D eigenvalue weighted by atomic mass is 19.1. The van der Waals surface area contributed by atoms with Crippen molar-refractivity contribution < 1.29 is 19.0 Å². The lowest BCUT2D eigenvalue weighted by Crippen LogP contribution is -2.06. The lowest BCUT2D eigenvalue weighted by atomic mass is 10.0. The molecule has 0 fully saturated rings. The third-order valence-corrected chi connectivity index (χ3v) is 4.00. The number of halogens is 1. The molecule has 124 valence electrons. The van der Waals surface area contributed by atoms with Gasteiger partial charge in [-0.15, -0.1) is 0 Å². The number of nitrogens with zero attached hydrogens (tertiary/aromatic N) is 1. The zero-order valence-corrected chi connectivity index (χ0v) is 12.9. The van der Waals surface area contributed by atoms with Crippen LogP contribution in [0.3, 0.4) is 0 Å². The summed E-state index contributed by atoms with van der Waals surface area (Å²) in [6, 6.07) is 12.0. The third kappa shape index (κ3) is 2.62. The number of phenolic OH excluding ortho intramolecular Hbond substituents is 1. The lowest BCUT2D eigenvalue weighted by molar-refractivity contribution is 0.282. The van der Waals surface area contributed by atoms with Crippen molar-refractivity contribution in [3.05, 3.63) is 70.1 Å². The highest BCUT2D eigenvalue weighted by Gasteiger charge is 2.15. The van der Waals surface area contributed by atoms with Crippen molar-refractivity contribution in [2.24, 2.45) is 0 Å². The Hall–Kier alpha value is -3.25. The van der Waals surface area contributed by atoms with Gasteiger partial charge in [0.1, 0.15) is 11.2 Å². The Morgan fingerprint density at radius 3 is 2.56 bits per heavy atom. The van der Waals surface area contributed by atoms with Crippen molar-refractivity contribution in [1.29, 1.82) is 0 Å². The number of aliphatic hydroxyl groups excluding tert-OH is 1. The molecule has 0 spiro atoms. The maximum Gasteiger partial charge on any atom is 0.190 e. The maximum absolute atomic E-state index is 13.5. The first kappa shape index (κ1) is 15.3. The fourth-order valence-corrected chi connectivity index (χ4v) is 2.68. The minimum Gasteiger partial charge on any atom is -0.505 e. The van der Waals surface area contributed by atoms with Gasteiger partial charge in [-0.2, -0.15) is 0 Å². The van der Waals surface area contributed by atoms with E-state index in [2.05, 4.69) is 4.98 Å². The van der Waals surface area contributed by atoms with Crippen molar-refractivity contribution in [3.8, 4) is 28.3 Å². The third-order valence-electron chi connectivity index (χ3n) is 4.00. The van der Waals surface area contributed by atoms with E-state index in [0.717, 1.165) is 17.7 Å². The normalized spacial score (nSPS) is 11.3. The number of fused-ring (bicyclic) bond motifs is 2. The first-order valence-corrected chi connectivity index (χ1v) is 7.52. The molecular formula is C19H12FNO4. The highest BCUT2D eigenvalue weighted by Crippen LogP contribution is 2.30. The monoisotopic (exact) mass is 337 g/mol. The standard InChI is InChI=1S/C19H12FNO4/c20-13-6-15-19(8-17(13)24)25-18-7-16(23)12(5-14(18)21-15)11-3-1-10(9-22)2-4-11/h1-8,22,24H,9H2. The molecule has 0 saturated carbocycles. The molecule has 5 nitrogen and oxygen atoms in total. The van der Waals surface area contributed by atoms with Crippen LogP contribution in [-0.4, -0.2) is 15.2 Å². The molecule has 2 N–H and O–H groups in total. The van der Waals surface area contributed by atoms with E-state index in [1.807, 2.05) is 0 Å². The van der Waals surface area contributed by atoms with Crippen LogP contribution in [0.4, 0.5) is 4.39 Å². The molecule has 0 amide bonds. The van der Waals surface area contributed by atoms with Crippen molar-refractivity contribution in [3.63, 3.8) is 0 Å². The molecule has 0 atom stereocenters. The summed E-state index contributed by atoms with van der Waals surface area (Å²) >= 11 is 0. The first-order valence-electron chi connectivity index (χ1n) is 7.52. The van der Waals surface area contributed by atoms with Crippen LogP contribution in [0.1, 0.15) is 5.56 Å². The fourth-order valence-electron chi connectivity index (χ4n) is 2.68. The van der Waals surface area contributed by atoms with Crippen LogP contribution in [-0.2, 0) is 6.61 Å². The van der Waals surface area contributed by atoms with Crippen LogP contribution in [0.5, 0.6) is 5.75 Å². The molecule has 0 saturated heterocycles. The van der Waals surface area contributed by atoms with Crippen molar-refractivity contribution in [1.82, 2.24) is 4.98 Å². The van der Waals surface area contributed by atoms with Crippen LogP contribution >= 0.6 is 0 Å². The van der Waals surface area contributed by atoms with Crippen molar-refractivity contribution in [2.75, 3.05) is 0 Å². The number of aromatic hydroxyl groups is 1. The highest BCUT2D eigenvalue weighted by molar-refractivity contribution is 5.79. The first-order chi connectivity index (χ1) is 12.0. The van der Waals surface area contributed by atoms with E-state index in [1.165, 1.54) is 6.07 Å². The van der Waals surface area contributed by atoms with E-state index in [1.54, 1.807) is 30.3 Å². The average molecular weight is 337 g/mol. The molecule has 2 aromatic carbocycles. The van der Waals surface area contributed by atoms with Gasteiger partial charge in [-0.1, -0.05) is 24.3 Å². The summed E-state index contributed by atoms with van der Waals surface area (Å²) < 4.78 is 19.1. The molecule has 25 heavy (non-hydrogen) atoms. The van der Waals surface area contributed by atoms with Gasteiger partial charge in [0.2, 0.25) is 0 Å². The topological polar surface area (TPSA) is 83.6 Å². The van der Waals surface area contributed by atoms with Crippen LogP contribution < -0.4 is 5.43 Å². The number of rotatable bonds is 2. The van der Waals surface area contributed by atoms with Crippen molar-refractivity contribution in [2.45, 2.75) is 6.61 Å². The Morgan fingerprint density at radius 1 is 1.08 bits per heavy atom. The van der Waals surface area contributed by atoms with Crippen LogP contribution in [0.25, 0.3) is 33.7 Å². The second-order valence-corrected chi connectivity index (χ2v) is 5.66. The summed E-state index contributed by atoms with van der Waals surface area (Å²) in [5.74, 6) is -1.09. The van der Waals surface area contributed by atoms with Crippen molar-refractivity contribution >= 4 is 11.1 Å². The molecule has 1 heterocycles. The van der Waals surface area contributed by atoms with E-state index < -0.39 is 11.6 Å². The molecule has 2 aromatic rings. The Morgan fingerprint density at radius 2 is 1.84 bits per heavy atom. The van der Waals surface area contributed by atoms with Crippen LogP contribution in [0, 0.1) is 5.82 Å². The van der Waals surface area contributed by atoms with Gasteiger partial charge in [0, 0.05) is 23.8 Å². The second kappa shape index (κ2) is 5.68. The number of benzene rings is 3. The van der Waals surface area contributed by atoms with Crippen LogP contribution in [0.2, 0.25) is 0 Å². The van der Waals surface area contributed by atoms with Gasteiger partial charge in [-0.3, -0.25) is 4.79 Å². The predicted octanol–water partition coefficient (Wildman–Crippen LogP) is 3.30. The van der Waals surface area contributed by atoms with Gasteiger partial charge in [-0.05, 0) is 17.2 Å². The lowest BCUT2D eigenvalue weighted by Gasteiger charge is -2.09. The Labute approximate surface area is 141 Å². The van der Waals surface area contributed by atoms with Gasteiger partial charge in [-0.25, -0.2) is 9.37 Å². The van der Waals surface area contributed by atoms with Gasteiger partial charge >= 0.3 is 0 Å². The van der Waals surface area contributed by atoms with E-state index in [9.17, 15) is 14.3 Å². The molecule has 6 heteroatoms. The predicted molar refractivity (Wildman–Crippen MR) is 89.9 cm³/mol. The summed E-state index contributed by atoms with van der Waals surface area (Å²) in [6.45, 7) is -0.0763. The summed E-state index contributed by atoms with van der Waals surface area (Å²) in [5.41, 5.74) is 2.43. The number of hydrogen-bond donors (Lipinski definition) is 2. The average Bonchev–Trinajstić information content (AvgIpc) is 2.61. The van der Waals surface area contributed by atoms with Crippen LogP contribution in [0.15, 0.2) is 57.7 Å². The van der Waals surface area contributed by atoms with Gasteiger partial charge in [0.25, 0.3) is 0 Å². The Bertz CT molecular complexity index is 1120. The molecular weight excluding hydrogens is 325 g/mol. The molecule has 0 radical (unpaired) electrons. The molecule has 1 aliphatic carbocycles. The zero-order chi connectivity index (χ0) is 17.6. The number of hydrogen-bond acceptors (Lipinski definition) is 5. The SMILES string of the molecule is O=c1cc2oc3cc(O)c(F)cc3nc-2cc1-c1ccc(CO)cc1. The molecule has 4 rings (SSSR count). The smallest absolute Gasteiger partial charge is 0.190 e. The number of aromatic nitrogens is 1. The van der Waals surface area contributed by atoms with E-state index in [-0.39, 0.29) is 28.9 Å². The van der Waals surface area contributed by atoms with Gasteiger partial charge in [0.15, 0.2) is 28.3 Å². The molecule has 0 bridgehead atoms. The number of phenols is 1. The van der Waals surface area contributed by atoms with Gasteiger partial charge in [0.05, 0.1) is 6.61 Å². The molecule has 1 aliphatic heterocycles. The zero-order valence-electron chi connectivity index (χ0n) is 12.9. The Balaban J connectivity index is 1.93.